The normalized spacial score (nSPS) is 12.0. The summed E-state index contributed by atoms with van der Waals surface area (Å²) >= 11 is 0. The molecule has 0 aliphatic rings. The van der Waals surface area contributed by atoms with E-state index in [0.717, 1.165) is 5.69 Å². The predicted octanol–water partition coefficient (Wildman–Crippen LogP) is 1.61. The van der Waals surface area contributed by atoms with E-state index in [0.29, 0.717) is 23.9 Å². The van der Waals surface area contributed by atoms with E-state index in [1.54, 1.807) is 36.5 Å². The molecule has 0 fully saturated rings. The van der Waals surface area contributed by atoms with Gasteiger partial charge in [-0.1, -0.05) is 24.3 Å². The molecule has 0 saturated carbocycles. The number of sulfone groups is 1. The zero-order valence-electron chi connectivity index (χ0n) is 13.6. The zero-order chi connectivity index (χ0) is 17.3. The van der Waals surface area contributed by atoms with Crippen molar-refractivity contribution in [1.29, 1.82) is 0 Å². The molecule has 0 unspecified atom stereocenters. The van der Waals surface area contributed by atoms with Gasteiger partial charge in [-0.05, 0) is 31.2 Å². The van der Waals surface area contributed by atoms with Crippen molar-refractivity contribution in [3.63, 3.8) is 0 Å². The topological polar surface area (TPSA) is 83.4 Å². The Balaban J connectivity index is 1.92. The molecule has 0 aliphatic heterocycles. The van der Waals surface area contributed by atoms with Crippen LogP contribution in [0.1, 0.15) is 12.6 Å². The molecule has 6 nitrogen and oxygen atoms in total. The fourth-order valence-electron chi connectivity index (χ4n) is 2.04. The molecule has 2 rings (SSSR count). The van der Waals surface area contributed by atoms with Gasteiger partial charge in [-0.3, -0.25) is 4.98 Å². The van der Waals surface area contributed by atoms with E-state index in [1.165, 1.54) is 0 Å². The van der Waals surface area contributed by atoms with Gasteiger partial charge in [-0.25, -0.2) is 13.4 Å². The van der Waals surface area contributed by atoms with Crippen molar-refractivity contribution in [1.82, 2.24) is 15.6 Å². The molecule has 2 N–H and O–H groups in total. The lowest BCUT2D eigenvalue weighted by molar-refractivity contribution is 0.594. The van der Waals surface area contributed by atoms with Crippen molar-refractivity contribution in [2.24, 2.45) is 4.99 Å². The number of rotatable bonds is 7. The Kier molecular flexibility index (Phi) is 6.74. The van der Waals surface area contributed by atoms with Gasteiger partial charge in [0.15, 0.2) is 15.8 Å². The van der Waals surface area contributed by atoms with Crippen LogP contribution in [-0.2, 0) is 16.4 Å². The zero-order valence-corrected chi connectivity index (χ0v) is 14.5. The number of aromatic nitrogens is 1. The third kappa shape index (κ3) is 5.66. The first-order valence-electron chi connectivity index (χ1n) is 7.81. The van der Waals surface area contributed by atoms with Crippen molar-refractivity contribution < 1.29 is 8.42 Å². The summed E-state index contributed by atoms with van der Waals surface area (Å²) < 4.78 is 24.5. The maximum atomic E-state index is 12.2. The summed E-state index contributed by atoms with van der Waals surface area (Å²) in [5, 5.41) is 6.14. The maximum absolute atomic E-state index is 12.2. The molecule has 0 amide bonds. The minimum atomic E-state index is -3.30. The highest BCUT2D eigenvalue weighted by atomic mass is 32.2. The lowest BCUT2D eigenvalue weighted by atomic mass is 10.3. The SMILES string of the molecule is CCNC(=NCc1ccccn1)NCCS(=O)(=O)c1ccccc1. The molecule has 0 saturated heterocycles. The van der Waals surface area contributed by atoms with E-state index in [1.807, 2.05) is 25.1 Å². The minimum Gasteiger partial charge on any atom is -0.357 e. The van der Waals surface area contributed by atoms with Crippen LogP contribution in [-0.4, -0.2) is 38.2 Å². The second kappa shape index (κ2) is 9.02. The van der Waals surface area contributed by atoms with E-state index in [-0.39, 0.29) is 12.3 Å². The van der Waals surface area contributed by atoms with Gasteiger partial charge in [-0.2, -0.15) is 0 Å². The average molecular weight is 346 g/mol. The Labute approximate surface area is 143 Å². The first-order chi connectivity index (χ1) is 11.6. The number of nitrogens with zero attached hydrogens (tertiary/aromatic N) is 2. The number of pyridine rings is 1. The molecular formula is C17H22N4O2S. The molecule has 128 valence electrons. The second-order valence-electron chi connectivity index (χ2n) is 5.07. The van der Waals surface area contributed by atoms with Gasteiger partial charge in [0, 0.05) is 19.3 Å². The number of hydrogen-bond acceptors (Lipinski definition) is 4. The van der Waals surface area contributed by atoms with Crippen LogP contribution >= 0.6 is 0 Å². The van der Waals surface area contributed by atoms with Crippen LogP contribution in [0.15, 0.2) is 64.6 Å². The molecule has 1 aromatic heterocycles. The number of aliphatic imine (C=N–C) groups is 1. The van der Waals surface area contributed by atoms with E-state index in [4.69, 9.17) is 0 Å². The number of guanidine groups is 1. The number of nitrogens with one attached hydrogen (secondary N) is 2. The second-order valence-corrected chi connectivity index (χ2v) is 7.18. The van der Waals surface area contributed by atoms with E-state index in [9.17, 15) is 8.42 Å². The summed E-state index contributed by atoms with van der Waals surface area (Å²) in [5.41, 5.74) is 0.853. The van der Waals surface area contributed by atoms with Crippen molar-refractivity contribution in [2.45, 2.75) is 18.4 Å². The Morgan fingerprint density at radius 3 is 2.50 bits per heavy atom. The smallest absolute Gasteiger partial charge is 0.191 e. The summed E-state index contributed by atoms with van der Waals surface area (Å²) in [7, 11) is -3.30. The highest BCUT2D eigenvalue weighted by Gasteiger charge is 2.13. The van der Waals surface area contributed by atoms with E-state index >= 15 is 0 Å². The standard InChI is InChI=1S/C17H22N4O2S/c1-2-18-17(21-14-15-8-6-7-11-19-15)20-12-13-24(22,23)16-9-4-3-5-10-16/h3-11H,2,12-14H2,1H3,(H2,18,20,21). The van der Waals surface area contributed by atoms with Gasteiger partial charge in [0.1, 0.15) is 0 Å². The molecule has 0 atom stereocenters. The molecule has 0 aliphatic carbocycles. The Bertz CT molecular complexity index is 747. The fourth-order valence-corrected chi connectivity index (χ4v) is 3.22. The molecule has 1 aromatic carbocycles. The summed E-state index contributed by atoms with van der Waals surface area (Å²) in [6.45, 7) is 3.37. The van der Waals surface area contributed by atoms with Crippen molar-refractivity contribution in [2.75, 3.05) is 18.8 Å². The Hall–Kier alpha value is -2.41. The molecule has 2 aromatic rings. The molecule has 24 heavy (non-hydrogen) atoms. The molecule has 0 bridgehead atoms. The van der Waals surface area contributed by atoms with Crippen LogP contribution in [0.25, 0.3) is 0 Å². The van der Waals surface area contributed by atoms with Crippen molar-refractivity contribution >= 4 is 15.8 Å². The monoisotopic (exact) mass is 346 g/mol. The van der Waals surface area contributed by atoms with E-state index < -0.39 is 9.84 Å². The molecule has 0 radical (unpaired) electrons. The van der Waals surface area contributed by atoms with Gasteiger partial charge >= 0.3 is 0 Å². The summed E-state index contributed by atoms with van der Waals surface area (Å²) in [6, 6.07) is 14.1. The number of benzene rings is 1. The van der Waals surface area contributed by atoms with Crippen molar-refractivity contribution in [3.8, 4) is 0 Å². The Morgan fingerprint density at radius 1 is 1.08 bits per heavy atom. The first-order valence-corrected chi connectivity index (χ1v) is 9.47. The van der Waals surface area contributed by atoms with Gasteiger partial charge < -0.3 is 10.6 Å². The highest BCUT2D eigenvalue weighted by Crippen LogP contribution is 2.09. The largest absolute Gasteiger partial charge is 0.357 e. The van der Waals surface area contributed by atoms with Crippen LogP contribution in [0, 0.1) is 0 Å². The predicted molar refractivity (Wildman–Crippen MR) is 95.6 cm³/mol. The van der Waals surface area contributed by atoms with Crippen LogP contribution in [0.4, 0.5) is 0 Å². The molecular weight excluding hydrogens is 324 g/mol. The van der Waals surface area contributed by atoms with Crippen LogP contribution in [0.3, 0.4) is 0 Å². The quantitative estimate of drug-likeness (QED) is 0.588. The minimum absolute atomic E-state index is 0.00497. The van der Waals surface area contributed by atoms with Crippen LogP contribution in [0.5, 0.6) is 0 Å². The highest BCUT2D eigenvalue weighted by molar-refractivity contribution is 7.91. The third-order valence-electron chi connectivity index (χ3n) is 3.24. The van der Waals surface area contributed by atoms with Crippen molar-refractivity contribution in [3.05, 3.63) is 60.4 Å². The average Bonchev–Trinajstić information content (AvgIpc) is 2.61. The van der Waals surface area contributed by atoms with Crippen LogP contribution in [0.2, 0.25) is 0 Å². The maximum Gasteiger partial charge on any atom is 0.191 e. The molecule has 1 heterocycles. The third-order valence-corrected chi connectivity index (χ3v) is 4.97. The summed E-state index contributed by atoms with van der Waals surface area (Å²) in [4.78, 5) is 8.96. The van der Waals surface area contributed by atoms with Gasteiger partial charge in [-0.15, -0.1) is 0 Å². The molecule has 0 spiro atoms. The number of hydrogen-bond donors (Lipinski definition) is 2. The lowest BCUT2D eigenvalue weighted by Gasteiger charge is -2.11. The molecule has 7 heteroatoms. The fraction of sp³-hybridized carbons (Fsp3) is 0.294. The Morgan fingerprint density at radius 2 is 1.83 bits per heavy atom. The van der Waals surface area contributed by atoms with Gasteiger partial charge in [0.25, 0.3) is 0 Å². The van der Waals surface area contributed by atoms with E-state index in [2.05, 4.69) is 20.6 Å². The van der Waals surface area contributed by atoms with Crippen LogP contribution < -0.4 is 10.6 Å². The lowest BCUT2D eigenvalue weighted by Crippen LogP contribution is -2.39. The van der Waals surface area contributed by atoms with Gasteiger partial charge in [0.05, 0.1) is 22.9 Å². The van der Waals surface area contributed by atoms with Gasteiger partial charge in [0.2, 0.25) is 0 Å². The first kappa shape index (κ1) is 17.9. The summed E-state index contributed by atoms with van der Waals surface area (Å²) in [6.07, 6.45) is 1.72. The summed E-state index contributed by atoms with van der Waals surface area (Å²) in [5.74, 6) is 0.580.